The summed E-state index contributed by atoms with van der Waals surface area (Å²) in [5, 5.41) is 3.96. The summed E-state index contributed by atoms with van der Waals surface area (Å²) in [4.78, 5) is 20.8. The number of carbonyl (C=O) groups excluding carboxylic acids is 1. The molecule has 0 spiro atoms. The number of carbonyl (C=O) groups is 1. The zero-order chi connectivity index (χ0) is 15.4. The van der Waals surface area contributed by atoms with Crippen LogP contribution in [-0.2, 0) is 16.0 Å². The molecule has 22 heavy (non-hydrogen) atoms. The van der Waals surface area contributed by atoms with Crippen LogP contribution in [0.2, 0.25) is 0 Å². The molecule has 1 aromatic heterocycles. The van der Waals surface area contributed by atoms with Crippen molar-refractivity contribution in [3.63, 3.8) is 0 Å². The van der Waals surface area contributed by atoms with Gasteiger partial charge in [-0.1, -0.05) is 12.1 Å². The zero-order valence-electron chi connectivity index (χ0n) is 13.2. The second-order valence-electron chi connectivity index (χ2n) is 5.93. The fourth-order valence-electron chi connectivity index (χ4n) is 3.00. The molecule has 0 aromatic carbocycles. The summed E-state index contributed by atoms with van der Waals surface area (Å²) >= 11 is 0. The number of amides is 1. The zero-order valence-corrected chi connectivity index (χ0v) is 13.2. The second-order valence-corrected chi connectivity index (χ2v) is 5.93. The maximum absolute atomic E-state index is 12.1. The minimum atomic E-state index is 0.176. The third kappa shape index (κ3) is 3.64. The molecule has 2 fully saturated rings. The van der Waals surface area contributed by atoms with Gasteiger partial charge in [-0.05, 0) is 6.42 Å². The number of ether oxygens (including phenoxy) is 1. The van der Waals surface area contributed by atoms with Crippen LogP contribution in [0.1, 0.15) is 37.4 Å². The number of morpholine rings is 1. The topological polar surface area (TPSA) is 71.7 Å². The highest BCUT2D eigenvalue weighted by Gasteiger charge is 2.30. The van der Waals surface area contributed by atoms with Crippen LogP contribution in [0.4, 0.5) is 0 Å². The van der Waals surface area contributed by atoms with Crippen molar-refractivity contribution in [3.05, 3.63) is 11.7 Å². The summed E-state index contributed by atoms with van der Waals surface area (Å²) in [6.07, 6.45) is 2.14. The highest BCUT2D eigenvalue weighted by Crippen LogP contribution is 2.26. The van der Waals surface area contributed by atoms with Crippen LogP contribution in [0, 0.1) is 0 Å². The van der Waals surface area contributed by atoms with Gasteiger partial charge in [0.15, 0.2) is 5.82 Å². The fourth-order valence-corrected chi connectivity index (χ4v) is 3.00. The summed E-state index contributed by atoms with van der Waals surface area (Å²) in [5.74, 6) is 1.84. The van der Waals surface area contributed by atoms with Crippen molar-refractivity contribution in [3.8, 4) is 0 Å². The highest BCUT2D eigenvalue weighted by molar-refractivity contribution is 5.77. The summed E-state index contributed by atoms with van der Waals surface area (Å²) in [6.45, 7) is 7.86. The first-order valence-corrected chi connectivity index (χ1v) is 8.16. The molecule has 0 saturated carbocycles. The van der Waals surface area contributed by atoms with Gasteiger partial charge in [0.2, 0.25) is 11.8 Å². The SMILES string of the molecule is CCc1noc([C@H]2CCC(=O)N(CCN3CCOCC3)C2)n1. The molecule has 122 valence electrons. The van der Waals surface area contributed by atoms with Gasteiger partial charge in [0, 0.05) is 45.6 Å². The largest absolute Gasteiger partial charge is 0.379 e. The van der Waals surface area contributed by atoms with Crippen molar-refractivity contribution in [2.75, 3.05) is 45.9 Å². The van der Waals surface area contributed by atoms with Crippen LogP contribution in [-0.4, -0.2) is 71.8 Å². The van der Waals surface area contributed by atoms with E-state index in [1.807, 2.05) is 11.8 Å². The Labute approximate surface area is 130 Å². The van der Waals surface area contributed by atoms with E-state index in [4.69, 9.17) is 9.26 Å². The van der Waals surface area contributed by atoms with Gasteiger partial charge in [0.25, 0.3) is 0 Å². The van der Waals surface area contributed by atoms with Gasteiger partial charge in [0.1, 0.15) is 0 Å². The molecule has 0 N–H and O–H groups in total. The van der Waals surface area contributed by atoms with Gasteiger partial charge >= 0.3 is 0 Å². The fraction of sp³-hybridized carbons (Fsp3) is 0.800. The van der Waals surface area contributed by atoms with E-state index in [1.54, 1.807) is 0 Å². The van der Waals surface area contributed by atoms with E-state index < -0.39 is 0 Å². The Balaban J connectivity index is 1.54. The van der Waals surface area contributed by atoms with Crippen molar-refractivity contribution < 1.29 is 14.1 Å². The number of piperidine rings is 1. The molecule has 1 atom stereocenters. The first-order chi connectivity index (χ1) is 10.8. The first-order valence-electron chi connectivity index (χ1n) is 8.16. The molecule has 0 aliphatic carbocycles. The molecule has 3 rings (SSSR count). The van der Waals surface area contributed by atoms with Crippen LogP contribution < -0.4 is 0 Å². The minimum absolute atomic E-state index is 0.176. The van der Waals surface area contributed by atoms with Crippen LogP contribution in [0.15, 0.2) is 4.52 Å². The number of nitrogens with zero attached hydrogens (tertiary/aromatic N) is 4. The van der Waals surface area contributed by atoms with Gasteiger partial charge < -0.3 is 14.2 Å². The molecule has 2 saturated heterocycles. The second kappa shape index (κ2) is 7.19. The van der Waals surface area contributed by atoms with E-state index >= 15 is 0 Å². The molecule has 1 amide bonds. The summed E-state index contributed by atoms with van der Waals surface area (Å²) in [7, 11) is 0. The lowest BCUT2D eigenvalue weighted by molar-refractivity contribution is -0.134. The maximum atomic E-state index is 12.1. The van der Waals surface area contributed by atoms with E-state index in [-0.39, 0.29) is 11.8 Å². The van der Waals surface area contributed by atoms with Crippen molar-refractivity contribution in [1.82, 2.24) is 19.9 Å². The number of aryl methyl sites for hydroxylation is 1. The highest BCUT2D eigenvalue weighted by atomic mass is 16.5. The van der Waals surface area contributed by atoms with Gasteiger partial charge in [-0.25, -0.2) is 0 Å². The molecule has 7 nitrogen and oxygen atoms in total. The Morgan fingerprint density at radius 2 is 2.09 bits per heavy atom. The molecule has 1 aromatic rings. The Morgan fingerprint density at radius 3 is 2.82 bits per heavy atom. The van der Waals surface area contributed by atoms with Crippen LogP contribution in [0.25, 0.3) is 0 Å². The van der Waals surface area contributed by atoms with Crippen molar-refractivity contribution in [1.29, 1.82) is 0 Å². The quantitative estimate of drug-likeness (QED) is 0.796. The normalized spacial score (nSPS) is 24.0. The molecular weight excluding hydrogens is 284 g/mol. The van der Waals surface area contributed by atoms with Crippen molar-refractivity contribution in [2.24, 2.45) is 0 Å². The number of rotatable bonds is 5. The predicted octanol–water partition coefficient (Wildman–Crippen LogP) is 0.670. The predicted molar refractivity (Wildman–Crippen MR) is 79.5 cm³/mol. The molecule has 2 aliphatic heterocycles. The Morgan fingerprint density at radius 1 is 1.27 bits per heavy atom. The molecule has 7 heteroatoms. The number of aromatic nitrogens is 2. The molecule has 0 unspecified atom stereocenters. The number of likely N-dealkylation sites (tertiary alicyclic amines) is 1. The van der Waals surface area contributed by atoms with Gasteiger partial charge in [0.05, 0.1) is 19.1 Å². The molecule has 2 aliphatic rings. The number of hydrogen-bond donors (Lipinski definition) is 0. The molecular formula is C15H24N4O3. The Kier molecular flexibility index (Phi) is 5.04. The maximum Gasteiger partial charge on any atom is 0.231 e. The molecule has 0 radical (unpaired) electrons. The smallest absolute Gasteiger partial charge is 0.231 e. The first kappa shape index (κ1) is 15.4. The molecule has 0 bridgehead atoms. The lowest BCUT2D eigenvalue weighted by Gasteiger charge is -2.34. The standard InChI is InChI=1S/C15H24N4O3/c1-2-13-16-15(22-17-13)12-3-4-14(20)19(11-12)6-5-18-7-9-21-10-8-18/h12H,2-11H2,1H3/t12-/m0/s1. The summed E-state index contributed by atoms with van der Waals surface area (Å²) < 4.78 is 10.7. The average Bonchev–Trinajstić information content (AvgIpc) is 3.04. The lowest BCUT2D eigenvalue weighted by atomic mass is 9.97. The van der Waals surface area contributed by atoms with Crippen molar-refractivity contribution >= 4 is 5.91 Å². The van der Waals surface area contributed by atoms with Crippen LogP contribution >= 0.6 is 0 Å². The minimum Gasteiger partial charge on any atom is -0.379 e. The van der Waals surface area contributed by atoms with Gasteiger partial charge in [-0.3, -0.25) is 9.69 Å². The van der Waals surface area contributed by atoms with E-state index in [9.17, 15) is 4.79 Å². The third-order valence-corrected chi connectivity index (χ3v) is 4.44. The van der Waals surface area contributed by atoms with E-state index in [1.165, 1.54) is 0 Å². The van der Waals surface area contributed by atoms with Crippen molar-refractivity contribution in [2.45, 2.75) is 32.1 Å². The Hall–Kier alpha value is -1.47. The van der Waals surface area contributed by atoms with E-state index in [0.29, 0.717) is 18.9 Å². The van der Waals surface area contributed by atoms with E-state index in [2.05, 4.69) is 15.0 Å². The van der Waals surface area contributed by atoms with Crippen LogP contribution in [0.3, 0.4) is 0 Å². The number of hydrogen-bond acceptors (Lipinski definition) is 6. The summed E-state index contributed by atoms with van der Waals surface area (Å²) in [6, 6.07) is 0. The van der Waals surface area contributed by atoms with E-state index in [0.717, 1.165) is 58.1 Å². The third-order valence-electron chi connectivity index (χ3n) is 4.44. The monoisotopic (exact) mass is 308 g/mol. The van der Waals surface area contributed by atoms with Crippen LogP contribution in [0.5, 0.6) is 0 Å². The van der Waals surface area contributed by atoms with Gasteiger partial charge in [-0.2, -0.15) is 4.98 Å². The summed E-state index contributed by atoms with van der Waals surface area (Å²) in [5.41, 5.74) is 0. The molecule has 3 heterocycles. The van der Waals surface area contributed by atoms with Gasteiger partial charge in [-0.15, -0.1) is 0 Å². The lowest BCUT2D eigenvalue weighted by Crippen LogP contribution is -2.45. The average molecular weight is 308 g/mol. The Bertz CT molecular complexity index is 499.